The van der Waals surface area contributed by atoms with Crippen LogP contribution in [0, 0.1) is 0 Å². The Balaban J connectivity index is 1.70. The highest BCUT2D eigenvalue weighted by Crippen LogP contribution is 2.40. The highest BCUT2D eigenvalue weighted by atomic mass is 32.1. The predicted octanol–water partition coefficient (Wildman–Crippen LogP) is 4.64. The zero-order valence-corrected chi connectivity index (χ0v) is 16.8. The Morgan fingerprint density at radius 2 is 2.19 bits per heavy atom. The molecule has 1 N–H and O–H groups in total. The van der Waals surface area contributed by atoms with Crippen molar-refractivity contribution in [3.8, 4) is 0 Å². The lowest BCUT2D eigenvalue weighted by Gasteiger charge is -2.34. The number of hydrogen-bond acceptors (Lipinski definition) is 6. The summed E-state index contributed by atoms with van der Waals surface area (Å²) in [4.78, 5) is 16.3. The van der Waals surface area contributed by atoms with Crippen molar-refractivity contribution < 1.29 is 13.9 Å². The monoisotopic (exact) mass is 402 g/mol. The van der Waals surface area contributed by atoms with Crippen molar-refractivity contribution >= 4 is 33.6 Å². The van der Waals surface area contributed by atoms with E-state index in [-0.39, 0.29) is 11.9 Å². The molecule has 4 heterocycles. The Morgan fingerprint density at radius 3 is 2.85 bits per heavy atom. The van der Waals surface area contributed by atoms with Crippen LogP contribution in [-0.2, 0) is 11.2 Å². The molecule has 5 nitrogen and oxygen atoms in total. The third-order valence-corrected chi connectivity index (χ3v) is 6.61. The second kappa shape index (κ2) is 8.39. The highest BCUT2D eigenvalue weighted by Gasteiger charge is 2.29. The first kappa shape index (κ1) is 18.4. The number of anilines is 1. The lowest BCUT2D eigenvalue weighted by molar-refractivity contribution is 0.0242. The molecule has 1 saturated heterocycles. The zero-order valence-electron chi connectivity index (χ0n) is 15.1. The minimum absolute atomic E-state index is 0.114. The first-order chi connectivity index (χ1) is 13.3. The van der Waals surface area contributed by atoms with Crippen LogP contribution in [0.3, 0.4) is 0 Å². The molecule has 0 bridgehead atoms. The SMILES string of the molecule is CCc1cc([C@H](c2ccsc2)N2CCOCC2)c(NC(=O)c2ccco2)s1. The van der Waals surface area contributed by atoms with Crippen LogP contribution in [0.1, 0.15) is 39.5 Å². The Hall–Kier alpha value is -1.93. The Labute approximate surface area is 166 Å². The molecule has 1 fully saturated rings. The van der Waals surface area contributed by atoms with E-state index in [0.29, 0.717) is 5.76 Å². The smallest absolute Gasteiger partial charge is 0.291 e. The van der Waals surface area contributed by atoms with E-state index in [4.69, 9.17) is 9.15 Å². The van der Waals surface area contributed by atoms with E-state index in [1.165, 1.54) is 16.7 Å². The number of nitrogens with zero attached hydrogens (tertiary/aromatic N) is 1. The van der Waals surface area contributed by atoms with Gasteiger partial charge in [0.25, 0.3) is 5.91 Å². The van der Waals surface area contributed by atoms with E-state index in [1.807, 2.05) is 0 Å². The molecule has 1 atom stereocenters. The van der Waals surface area contributed by atoms with Gasteiger partial charge in [-0.2, -0.15) is 11.3 Å². The first-order valence-corrected chi connectivity index (χ1v) is 10.8. The average Bonchev–Trinajstić information content (AvgIpc) is 3.46. The maximum absolute atomic E-state index is 12.6. The summed E-state index contributed by atoms with van der Waals surface area (Å²) in [5.74, 6) is 0.114. The minimum atomic E-state index is -0.211. The maximum atomic E-state index is 12.6. The van der Waals surface area contributed by atoms with Crippen LogP contribution in [0.4, 0.5) is 5.00 Å². The first-order valence-electron chi connectivity index (χ1n) is 9.07. The standard InChI is InChI=1S/C20H22N2O3S2/c1-2-15-12-16(20(27-15)21-19(23)17-4-3-8-25-17)18(14-5-11-26-13-14)22-6-9-24-10-7-22/h3-5,8,11-13,18H,2,6-7,9-10H2,1H3,(H,21,23)/t18-/m0/s1. The van der Waals surface area contributed by atoms with Gasteiger partial charge in [0, 0.05) is 23.5 Å². The van der Waals surface area contributed by atoms with Crippen LogP contribution in [0.5, 0.6) is 0 Å². The number of nitrogens with one attached hydrogen (secondary N) is 1. The van der Waals surface area contributed by atoms with E-state index in [2.05, 4.69) is 40.0 Å². The molecule has 0 aliphatic carbocycles. The van der Waals surface area contributed by atoms with E-state index < -0.39 is 0 Å². The largest absolute Gasteiger partial charge is 0.459 e. The van der Waals surface area contributed by atoms with E-state index in [9.17, 15) is 4.79 Å². The molecule has 1 aliphatic rings. The zero-order chi connectivity index (χ0) is 18.6. The van der Waals surface area contributed by atoms with Crippen LogP contribution < -0.4 is 5.32 Å². The number of hydrogen-bond donors (Lipinski definition) is 1. The fourth-order valence-corrected chi connectivity index (χ4v) is 5.06. The van der Waals surface area contributed by atoms with Crippen molar-refractivity contribution in [2.75, 3.05) is 31.6 Å². The van der Waals surface area contributed by atoms with Crippen LogP contribution in [0.25, 0.3) is 0 Å². The van der Waals surface area contributed by atoms with Gasteiger partial charge in [0.2, 0.25) is 0 Å². The third kappa shape index (κ3) is 4.01. The number of rotatable bonds is 6. The molecular weight excluding hydrogens is 380 g/mol. The fraction of sp³-hybridized carbons (Fsp3) is 0.350. The number of ether oxygens (including phenoxy) is 1. The van der Waals surface area contributed by atoms with Crippen LogP contribution in [-0.4, -0.2) is 37.1 Å². The minimum Gasteiger partial charge on any atom is -0.459 e. The Morgan fingerprint density at radius 1 is 1.33 bits per heavy atom. The van der Waals surface area contributed by atoms with Gasteiger partial charge in [-0.15, -0.1) is 11.3 Å². The molecule has 3 aromatic heterocycles. The quantitative estimate of drug-likeness (QED) is 0.653. The molecule has 0 aromatic carbocycles. The number of furan rings is 1. The summed E-state index contributed by atoms with van der Waals surface area (Å²) in [5, 5.41) is 8.28. The van der Waals surface area contributed by atoms with Gasteiger partial charge in [-0.05, 0) is 47.0 Å². The molecule has 0 spiro atoms. The van der Waals surface area contributed by atoms with Gasteiger partial charge in [-0.25, -0.2) is 0 Å². The van der Waals surface area contributed by atoms with Crippen molar-refractivity contribution in [1.82, 2.24) is 4.90 Å². The molecule has 0 radical (unpaired) electrons. The lowest BCUT2D eigenvalue weighted by Crippen LogP contribution is -2.39. The molecule has 7 heteroatoms. The lowest BCUT2D eigenvalue weighted by atomic mass is 10.0. The van der Waals surface area contributed by atoms with Crippen LogP contribution in [0.15, 0.2) is 45.7 Å². The van der Waals surface area contributed by atoms with Crippen molar-refractivity contribution in [2.24, 2.45) is 0 Å². The fourth-order valence-electron chi connectivity index (χ4n) is 3.36. The molecular formula is C20H22N2O3S2. The summed E-state index contributed by atoms with van der Waals surface area (Å²) in [6.45, 7) is 5.37. The molecule has 1 aliphatic heterocycles. The summed E-state index contributed by atoms with van der Waals surface area (Å²) in [7, 11) is 0. The topological polar surface area (TPSA) is 54.7 Å². The average molecular weight is 403 g/mol. The van der Waals surface area contributed by atoms with Crippen LogP contribution in [0.2, 0.25) is 0 Å². The summed E-state index contributed by atoms with van der Waals surface area (Å²) in [6, 6.07) is 7.93. The number of thiophene rings is 2. The Kier molecular flexibility index (Phi) is 5.73. The predicted molar refractivity (Wildman–Crippen MR) is 109 cm³/mol. The van der Waals surface area contributed by atoms with Crippen molar-refractivity contribution in [3.05, 3.63) is 63.1 Å². The van der Waals surface area contributed by atoms with Gasteiger partial charge >= 0.3 is 0 Å². The van der Waals surface area contributed by atoms with Crippen LogP contribution >= 0.6 is 22.7 Å². The molecule has 142 valence electrons. The highest BCUT2D eigenvalue weighted by molar-refractivity contribution is 7.16. The molecule has 1 amide bonds. The van der Waals surface area contributed by atoms with Crippen molar-refractivity contribution in [3.63, 3.8) is 0 Å². The molecule has 0 saturated carbocycles. The second-order valence-electron chi connectivity index (χ2n) is 6.39. The number of carbonyl (C=O) groups is 1. The normalized spacial score (nSPS) is 16.3. The number of aryl methyl sites for hydroxylation is 1. The summed E-state index contributed by atoms with van der Waals surface area (Å²) in [5.41, 5.74) is 2.41. The maximum Gasteiger partial charge on any atom is 0.291 e. The number of morpholine rings is 1. The summed E-state index contributed by atoms with van der Waals surface area (Å²) in [6.07, 6.45) is 2.46. The van der Waals surface area contributed by atoms with E-state index in [0.717, 1.165) is 43.3 Å². The molecule has 0 unspecified atom stereocenters. The van der Waals surface area contributed by atoms with Gasteiger partial charge in [0.05, 0.1) is 25.5 Å². The third-order valence-electron chi connectivity index (χ3n) is 4.70. The van der Waals surface area contributed by atoms with Gasteiger partial charge in [-0.1, -0.05) is 6.92 Å². The molecule has 3 aromatic rings. The Bertz CT molecular complexity index is 865. The van der Waals surface area contributed by atoms with E-state index >= 15 is 0 Å². The summed E-state index contributed by atoms with van der Waals surface area (Å²) < 4.78 is 10.8. The molecule has 27 heavy (non-hydrogen) atoms. The van der Waals surface area contributed by atoms with Gasteiger partial charge < -0.3 is 14.5 Å². The number of carbonyl (C=O) groups excluding carboxylic acids is 1. The summed E-state index contributed by atoms with van der Waals surface area (Å²) >= 11 is 3.35. The van der Waals surface area contributed by atoms with Crippen molar-refractivity contribution in [2.45, 2.75) is 19.4 Å². The number of amides is 1. The second-order valence-corrected chi connectivity index (χ2v) is 8.31. The van der Waals surface area contributed by atoms with Gasteiger partial charge in [0.15, 0.2) is 5.76 Å². The van der Waals surface area contributed by atoms with E-state index in [1.54, 1.807) is 34.8 Å². The van der Waals surface area contributed by atoms with Gasteiger partial charge in [0.1, 0.15) is 5.00 Å². The van der Waals surface area contributed by atoms with Gasteiger partial charge in [-0.3, -0.25) is 9.69 Å². The van der Waals surface area contributed by atoms with Crippen molar-refractivity contribution in [1.29, 1.82) is 0 Å². The molecule has 4 rings (SSSR count).